The molecule has 0 unspecified atom stereocenters. The summed E-state index contributed by atoms with van der Waals surface area (Å²) < 4.78 is 9.98. The SMILES string of the molecule is COC(=O)C=CCN[C@H](Cc1ccccc1)C(=O)OC(C)(C)C. The molecular weight excluding hydrogens is 294 g/mol. The molecule has 23 heavy (non-hydrogen) atoms. The van der Waals surface area contributed by atoms with Gasteiger partial charge in [-0.3, -0.25) is 4.79 Å². The summed E-state index contributed by atoms with van der Waals surface area (Å²) in [7, 11) is 1.32. The van der Waals surface area contributed by atoms with E-state index in [1.165, 1.54) is 13.2 Å². The first kappa shape index (κ1) is 18.9. The van der Waals surface area contributed by atoms with Gasteiger partial charge >= 0.3 is 11.9 Å². The highest BCUT2D eigenvalue weighted by Gasteiger charge is 2.24. The second kappa shape index (κ2) is 9.10. The van der Waals surface area contributed by atoms with Crippen LogP contribution in [0.5, 0.6) is 0 Å². The van der Waals surface area contributed by atoms with E-state index in [1.54, 1.807) is 6.08 Å². The molecular formula is C18H25NO4. The second-order valence-electron chi connectivity index (χ2n) is 6.11. The largest absolute Gasteiger partial charge is 0.466 e. The Bertz CT molecular complexity index is 532. The molecule has 1 atom stereocenters. The fourth-order valence-electron chi connectivity index (χ4n) is 1.90. The molecule has 1 rings (SSSR count). The molecule has 0 spiro atoms. The van der Waals surface area contributed by atoms with E-state index in [4.69, 9.17) is 4.74 Å². The highest BCUT2D eigenvalue weighted by molar-refractivity contribution is 5.81. The molecule has 0 bridgehead atoms. The number of carbonyl (C=O) groups is 2. The second-order valence-corrected chi connectivity index (χ2v) is 6.11. The van der Waals surface area contributed by atoms with Crippen LogP contribution in [0, 0.1) is 0 Å². The molecule has 0 saturated heterocycles. The number of ether oxygens (including phenoxy) is 2. The monoisotopic (exact) mass is 319 g/mol. The highest BCUT2D eigenvalue weighted by Crippen LogP contribution is 2.11. The van der Waals surface area contributed by atoms with E-state index in [9.17, 15) is 9.59 Å². The average Bonchev–Trinajstić information content (AvgIpc) is 2.49. The van der Waals surface area contributed by atoms with E-state index in [2.05, 4.69) is 10.1 Å². The van der Waals surface area contributed by atoms with Crippen molar-refractivity contribution in [3.63, 3.8) is 0 Å². The number of hydrogen-bond acceptors (Lipinski definition) is 5. The van der Waals surface area contributed by atoms with Crippen molar-refractivity contribution in [3.8, 4) is 0 Å². The predicted molar refractivity (Wildman–Crippen MR) is 88.9 cm³/mol. The number of esters is 2. The van der Waals surface area contributed by atoms with Gasteiger partial charge in [0.1, 0.15) is 11.6 Å². The van der Waals surface area contributed by atoms with Crippen LogP contribution in [0.25, 0.3) is 0 Å². The van der Waals surface area contributed by atoms with Crippen molar-refractivity contribution in [2.75, 3.05) is 13.7 Å². The molecule has 0 aromatic heterocycles. The lowest BCUT2D eigenvalue weighted by molar-refractivity contribution is -0.157. The van der Waals surface area contributed by atoms with E-state index in [0.29, 0.717) is 13.0 Å². The first-order valence-corrected chi connectivity index (χ1v) is 7.56. The molecule has 1 N–H and O–H groups in total. The van der Waals surface area contributed by atoms with E-state index in [0.717, 1.165) is 5.56 Å². The Hall–Kier alpha value is -2.14. The Morgan fingerprint density at radius 1 is 1.22 bits per heavy atom. The maximum absolute atomic E-state index is 12.3. The fourth-order valence-corrected chi connectivity index (χ4v) is 1.90. The number of rotatable bonds is 7. The number of hydrogen-bond donors (Lipinski definition) is 1. The molecule has 0 fully saturated rings. The molecule has 1 aromatic rings. The molecule has 0 saturated carbocycles. The van der Waals surface area contributed by atoms with Gasteiger partial charge in [-0.15, -0.1) is 0 Å². The summed E-state index contributed by atoms with van der Waals surface area (Å²) in [5.74, 6) is -0.739. The number of methoxy groups -OCH3 is 1. The summed E-state index contributed by atoms with van der Waals surface area (Å²) >= 11 is 0. The zero-order valence-electron chi connectivity index (χ0n) is 14.2. The summed E-state index contributed by atoms with van der Waals surface area (Å²) in [6.45, 7) is 5.87. The van der Waals surface area contributed by atoms with Crippen molar-refractivity contribution in [2.45, 2.75) is 38.8 Å². The average molecular weight is 319 g/mol. The van der Waals surface area contributed by atoms with Crippen LogP contribution in [0.2, 0.25) is 0 Å². The standard InChI is InChI=1S/C18H25NO4/c1-18(2,3)23-17(21)15(13-14-9-6-5-7-10-14)19-12-8-11-16(20)22-4/h5-11,15,19H,12-13H2,1-4H3/t15-/m1/s1. The lowest BCUT2D eigenvalue weighted by Crippen LogP contribution is -2.42. The van der Waals surface area contributed by atoms with Crippen molar-refractivity contribution >= 4 is 11.9 Å². The van der Waals surface area contributed by atoms with E-state index >= 15 is 0 Å². The number of nitrogens with one attached hydrogen (secondary N) is 1. The first-order chi connectivity index (χ1) is 10.8. The van der Waals surface area contributed by atoms with Gasteiger partial charge in [-0.1, -0.05) is 36.4 Å². The van der Waals surface area contributed by atoms with Gasteiger partial charge in [0.2, 0.25) is 0 Å². The van der Waals surface area contributed by atoms with Crippen LogP contribution in [0.3, 0.4) is 0 Å². The van der Waals surface area contributed by atoms with Crippen LogP contribution in [-0.2, 0) is 25.5 Å². The molecule has 0 amide bonds. The summed E-state index contributed by atoms with van der Waals surface area (Å²) in [6.07, 6.45) is 3.46. The van der Waals surface area contributed by atoms with Gasteiger partial charge in [-0.25, -0.2) is 4.79 Å². The van der Waals surface area contributed by atoms with Crippen molar-refractivity contribution < 1.29 is 19.1 Å². The summed E-state index contributed by atoms with van der Waals surface area (Å²) in [4.78, 5) is 23.4. The van der Waals surface area contributed by atoms with E-state index < -0.39 is 17.6 Å². The Kier molecular flexibility index (Phi) is 7.48. The van der Waals surface area contributed by atoms with E-state index in [-0.39, 0.29) is 5.97 Å². The van der Waals surface area contributed by atoms with Gasteiger partial charge in [0.25, 0.3) is 0 Å². The molecule has 5 heteroatoms. The lowest BCUT2D eigenvalue weighted by Gasteiger charge is -2.24. The number of carbonyl (C=O) groups excluding carboxylic acids is 2. The predicted octanol–water partition coefficient (Wildman–Crippen LogP) is 2.26. The summed E-state index contributed by atoms with van der Waals surface area (Å²) in [5, 5.41) is 3.10. The summed E-state index contributed by atoms with van der Waals surface area (Å²) in [5.41, 5.74) is 0.489. The van der Waals surface area contributed by atoms with Crippen LogP contribution < -0.4 is 5.32 Å². The Balaban J connectivity index is 2.70. The van der Waals surface area contributed by atoms with Gasteiger partial charge in [-0.05, 0) is 32.8 Å². The molecule has 0 radical (unpaired) electrons. The third-order valence-electron chi connectivity index (χ3n) is 2.91. The fraction of sp³-hybridized carbons (Fsp3) is 0.444. The van der Waals surface area contributed by atoms with Crippen molar-refractivity contribution in [3.05, 3.63) is 48.0 Å². The Morgan fingerprint density at radius 2 is 1.87 bits per heavy atom. The summed E-state index contributed by atoms with van der Waals surface area (Å²) in [6, 6.07) is 9.22. The zero-order valence-corrected chi connectivity index (χ0v) is 14.2. The molecule has 5 nitrogen and oxygen atoms in total. The number of benzene rings is 1. The first-order valence-electron chi connectivity index (χ1n) is 7.56. The smallest absolute Gasteiger partial charge is 0.330 e. The Morgan fingerprint density at radius 3 is 2.43 bits per heavy atom. The quantitative estimate of drug-likeness (QED) is 0.617. The minimum absolute atomic E-state index is 0.312. The minimum Gasteiger partial charge on any atom is -0.466 e. The van der Waals surface area contributed by atoms with Crippen LogP contribution >= 0.6 is 0 Å². The molecule has 0 heterocycles. The molecule has 126 valence electrons. The normalized spacial score (nSPS) is 12.9. The molecule has 0 aliphatic carbocycles. The van der Waals surface area contributed by atoms with Crippen LogP contribution in [0.4, 0.5) is 0 Å². The lowest BCUT2D eigenvalue weighted by atomic mass is 10.1. The topological polar surface area (TPSA) is 64.6 Å². The van der Waals surface area contributed by atoms with Gasteiger partial charge in [0.05, 0.1) is 7.11 Å². The third kappa shape index (κ3) is 8.16. The molecule has 0 aliphatic rings. The van der Waals surface area contributed by atoms with Gasteiger partial charge in [-0.2, -0.15) is 0 Å². The van der Waals surface area contributed by atoms with Crippen LogP contribution in [0.15, 0.2) is 42.5 Å². The maximum atomic E-state index is 12.3. The molecule has 0 aliphatic heterocycles. The van der Waals surface area contributed by atoms with Crippen molar-refractivity contribution in [2.24, 2.45) is 0 Å². The maximum Gasteiger partial charge on any atom is 0.330 e. The Labute approximate surface area is 137 Å². The highest BCUT2D eigenvalue weighted by atomic mass is 16.6. The third-order valence-corrected chi connectivity index (χ3v) is 2.91. The zero-order chi connectivity index (χ0) is 17.3. The van der Waals surface area contributed by atoms with Gasteiger partial charge < -0.3 is 14.8 Å². The van der Waals surface area contributed by atoms with Crippen molar-refractivity contribution in [1.29, 1.82) is 0 Å². The van der Waals surface area contributed by atoms with E-state index in [1.807, 2.05) is 51.1 Å². The van der Waals surface area contributed by atoms with Gasteiger partial charge in [0.15, 0.2) is 0 Å². The molecule has 1 aromatic carbocycles. The van der Waals surface area contributed by atoms with Gasteiger partial charge in [0, 0.05) is 12.6 Å². The van der Waals surface area contributed by atoms with Crippen LogP contribution in [-0.4, -0.2) is 37.2 Å². The van der Waals surface area contributed by atoms with Crippen LogP contribution in [0.1, 0.15) is 26.3 Å². The minimum atomic E-state index is -0.546. The van der Waals surface area contributed by atoms with Crippen molar-refractivity contribution in [1.82, 2.24) is 5.32 Å².